The van der Waals surface area contributed by atoms with Crippen LogP contribution in [0.15, 0.2) is 11.1 Å². The van der Waals surface area contributed by atoms with Crippen molar-refractivity contribution < 1.29 is 15.3 Å². The monoisotopic (exact) mass is 222 g/mol. The van der Waals surface area contributed by atoms with Crippen molar-refractivity contribution in [2.24, 2.45) is 34.0 Å². The van der Waals surface area contributed by atoms with Gasteiger partial charge in [0, 0.05) is 16.2 Å². The van der Waals surface area contributed by atoms with Gasteiger partial charge < -0.3 is 15.3 Å². The summed E-state index contributed by atoms with van der Waals surface area (Å²) >= 11 is 0. The number of hydrogen-bond donors (Lipinski definition) is 3. The first kappa shape index (κ1) is 9.63. The fourth-order valence-electron chi connectivity index (χ4n) is 6.29. The van der Waals surface area contributed by atoms with Crippen molar-refractivity contribution in [3.63, 3.8) is 0 Å². The number of aliphatic hydroxyl groups excluding tert-OH is 3. The number of aliphatic hydroxyl groups is 3. The average Bonchev–Trinajstić information content (AvgIpc) is 2.94. The number of allylic oxidation sites excluding steroid dienone is 2. The van der Waals surface area contributed by atoms with Crippen molar-refractivity contribution in [2.75, 3.05) is 19.8 Å². The summed E-state index contributed by atoms with van der Waals surface area (Å²) in [5.74, 6) is 1.28. The van der Waals surface area contributed by atoms with E-state index in [4.69, 9.17) is 0 Å². The molecule has 6 atom stereocenters. The van der Waals surface area contributed by atoms with Crippen LogP contribution in [0.2, 0.25) is 0 Å². The molecule has 3 N–H and O–H groups in total. The maximum atomic E-state index is 9.73. The molecule has 5 rings (SSSR count). The Bertz CT molecular complexity index is 424. The predicted molar refractivity (Wildman–Crippen MR) is 57.4 cm³/mol. The van der Waals surface area contributed by atoms with Crippen LogP contribution in [-0.2, 0) is 0 Å². The molecule has 0 heterocycles. The van der Waals surface area contributed by atoms with Crippen molar-refractivity contribution in [2.45, 2.75) is 13.8 Å². The third kappa shape index (κ3) is 0.461. The summed E-state index contributed by atoms with van der Waals surface area (Å²) in [6, 6.07) is 0. The topological polar surface area (TPSA) is 60.7 Å². The summed E-state index contributed by atoms with van der Waals surface area (Å²) in [5, 5.41) is 29.1. The van der Waals surface area contributed by atoms with Crippen LogP contribution in [0.5, 0.6) is 0 Å². The van der Waals surface area contributed by atoms with Crippen molar-refractivity contribution in [3.8, 4) is 0 Å². The Morgan fingerprint density at radius 2 is 1.69 bits per heavy atom. The van der Waals surface area contributed by atoms with Crippen LogP contribution in [-0.4, -0.2) is 35.1 Å². The third-order valence-electron chi connectivity index (χ3n) is 6.47. The minimum absolute atomic E-state index is 0.0538. The Labute approximate surface area is 94.8 Å². The molecule has 5 aliphatic rings. The second-order valence-electron chi connectivity index (χ2n) is 6.37. The van der Waals surface area contributed by atoms with Gasteiger partial charge in [-0.25, -0.2) is 0 Å². The van der Waals surface area contributed by atoms with Crippen LogP contribution < -0.4 is 0 Å². The lowest BCUT2D eigenvalue weighted by Gasteiger charge is -2.40. The first-order valence-corrected chi connectivity index (χ1v) is 6.11. The van der Waals surface area contributed by atoms with Crippen molar-refractivity contribution in [1.29, 1.82) is 0 Å². The molecule has 0 aliphatic heterocycles. The van der Waals surface area contributed by atoms with Gasteiger partial charge in [-0.1, -0.05) is 11.1 Å². The van der Waals surface area contributed by atoms with Crippen molar-refractivity contribution in [3.05, 3.63) is 11.1 Å². The van der Waals surface area contributed by atoms with E-state index in [0.717, 1.165) is 0 Å². The molecular weight excluding hydrogens is 204 g/mol. The van der Waals surface area contributed by atoms with Crippen LogP contribution in [0, 0.1) is 34.0 Å². The Kier molecular flexibility index (Phi) is 1.29. The highest BCUT2D eigenvalue weighted by Crippen LogP contribution is 3.11. The second kappa shape index (κ2) is 2.14. The standard InChI is InChI=1S/C13H18O3/c1-6(2)7-8-10-11(8,3-14)13(5-16)9(7)12(10,13)4-15/h8-10,14-16H,3-5H2,1-2H3. The quantitative estimate of drug-likeness (QED) is 0.596. The highest BCUT2D eigenvalue weighted by Gasteiger charge is 3.11. The van der Waals surface area contributed by atoms with Gasteiger partial charge in [-0.2, -0.15) is 0 Å². The molecule has 0 aromatic carbocycles. The summed E-state index contributed by atoms with van der Waals surface area (Å²) in [4.78, 5) is 0. The maximum absolute atomic E-state index is 9.73. The summed E-state index contributed by atoms with van der Waals surface area (Å²) in [6.45, 7) is 4.72. The Morgan fingerprint density at radius 3 is 2.12 bits per heavy atom. The average molecular weight is 222 g/mol. The smallest absolute Gasteiger partial charge is 0.0506 e. The minimum Gasteiger partial charge on any atom is -0.396 e. The van der Waals surface area contributed by atoms with Gasteiger partial charge in [0.15, 0.2) is 0 Å². The summed E-state index contributed by atoms with van der Waals surface area (Å²) in [6.07, 6.45) is 0. The van der Waals surface area contributed by atoms with E-state index in [1.54, 1.807) is 0 Å². The highest BCUT2D eigenvalue weighted by atomic mass is 16.3. The fourth-order valence-corrected chi connectivity index (χ4v) is 6.29. The molecule has 0 spiro atoms. The van der Waals surface area contributed by atoms with Gasteiger partial charge in [-0.05, 0) is 31.6 Å². The van der Waals surface area contributed by atoms with Gasteiger partial charge in [-0.3, -0.25) is 0 Å². The molecule has 0 saturated heterocycles. The number of hydrogen-bond acceptors (Lipinski definition) is 3. The second-order valence-corrected chi connectivity index (χ2v) is 6.37. The molecule has 0 radical (unpaired) electrons. The molecule has 0 amide bonds. The van der Waals surface area contributed by atoms with E-state index in [9.17, 15) is 15.3 Å². The fraction of sp³-hybridized carbons (Fsp3) is 0.846. The van der Waals surface area contributed by atoms with Gasteiger partial charge in [-0.15, -0.1) is 0 Å². The molecule has 2 bridgehead atoms. The maximum Gasteiger partial charge on any atom is 0.0506 e. The summed E-state index contributed by atoms with van der Waals surface area (Å²) < 4.78 is 0. The molecule has 88 valence electrons. The SMILES string of the molecule is CC(C)=C1C2C3C2(CO)C2(CO)C1C32CO. The van der Waals surface area contributed by atoms with E-state index in [-0.39, 0.29) is 36.1 Å². The first-order valence-electron chi connectivity index (χ1n) is 6.11. The Morgan fingerprint density at radius 1 is 1.06 bits per heavy atom. The predicted octanol–water partition coefficient (Wildman–Crippen LogP) is 0.162. The minimum atomic E-state index is -0.161. The number of rotatable bonds is 3. The van der Waals surface area contributed by atoms with E-state index in [0.29, 0.717) is 17.8 Å². The lowest BCUT2D eigenvalue weighted by Crippen LogP contribution is -2.45. The van der Waals surface area contributed by atoms with E-state index in [1.165, 1.54) is 11.1 Å². The van der Waals surface area contributed by atoms with Gasteiger partial charge in [0.2, 0.25) is 0 Å². The Hall–Kier alpha value is -0.380. The highest BCUT2D eigenvalue weighted by molar-refractivity contribution is 5.67. The van der Waals surface area contributed by atoms with Crippen molar-refractivity contribution >= 4 is 0 Å². The normalized spacial score (nSPS) is 62.8. The van der Waals surface area contributed by atoms with Crippen LogP contribution in [0.1, 0.15) is 13.8 Å². The summed E-state index contributed by atoms with van der Waals surface area (Å²) in [5.41, 5.74) is 2.51. The molecule has 6 unspecified atom stereocenters. The molecule has 5 saturated carbocycles. The first-order chi connectivity index (χ1) is 7.61. The molecule has 3 nitrogen and oxygen atoms in total. The molecule has 0 aromatic rings. The van der Waals surface area contributed by atoms with Gasteiger partial charge >= 0.3 is 0 Å². The molecule has 0 aromatic heterocycles. The third-order valence-corrected chi connectivity index (χ3v) is 6.47. The Balaban J connectivity index is 1.92. The van der Waals surface area contributed by atoms with Crippen molar-refractivity contribution in [1.82, 2.24) is 0 Å². The molecule has 3 heteroatoms. The zero-order valence-electron chi connectivity index (χ0n) is 9.70. The largest absolute Gasteiger partial charge is 0.396 e. The lowest BCUT2D eigenvalue weighted by atomic mass is 9.65. The van der Waals surface area contributed by atoms with E-state index in [2.05, 4.69) is 13.8 Å². The van der Waals surface area contributed by atoms with Gasteiger partial charge in [0.05, 0.1) is 19.8 Å². The molecule has 16 heavy (non-hydrogen) atoms. The molecular formula is C13H18O3. The van der Waals surface area contributed by atoms with Crippen LogP contribution in [0.3, 0.4) is 0 Å². The van der Waals surface area contributed by atoms with E-state index < -0.39 is 0 Å². The summed E-state index contributed by atoms with van der Waals surface area (Å²) in [7, 11) is 0. The van der Waals surface area contributed by atoms with E-state index >= 15 is 0 Å². The van der Waals surface area contributed by atoms with Crippen LogP contribution in [0.25, 0.3) is 0 Å². The molecule has 5 fully saturated rings. The van der Waals surface area contributed by atoms with Crippen LogP contribution in [0.4, 0.5) is 0 Å². The lowest BCUT2D eigenvalue weighted by molar-refractivity contribution is -0.0497. The molecule has 5 aliphatic carbocycles. The zero-order chi connectivity index (χ0) is 11.5. The van der Waals surface area contributed by atoms with Gasteiger partial charge in [0.1, 0.15) is 0 Å². The zero-order valence-corrected chi connectivity index (χ0v) is 9.70. The van der Waals surface area contributed by atoms with Crippen LogP contribution >= 0.6 is 0 Å². The van der Waals surface area contributed by atoms with E-state index in [1.807, 2.05) is 0 Å². The van der Waals surface area contributed by atoms with Gasteiger partial charge in [0.25, 0.3) is 0 Å².